The number of piperidine rings is 1. The third-order valence-electron chi connectivity index (χ3n) is 5.58. The second kappa shape index (κ2) is 9.19. The van der Waals surface area contributed by atoms with E-state index in [4.69, 9.17) is 4.74 Å². The average Bonchev–Trinajstić information content (AvgIpc) is 3.24. The van der Waals surface area contributed by atoms with Crippen LogP contribution in [-0.2, 0) is 6.54 Å². The Bertz CT molecular complexity index is 779. The molecule has 2 aromatic heterocycles. The average molecular weight is 383 g/mol. The summed E-state index contributed by atoms with van der Waals surface area (Å²) >= 11 is 0. The lowest BCUT2D eigenvalue weighted by molar-refractivity contribution is 0.0944. The summed E-state index contributed by atoms with van der Waals surface area (Å²) in [6.45, 7) is 2.40. The van der Waals surface area contributed by atoms with Gasteiger partial charge in [-0.1, -0.05) is 6.42 Å². The standard InChI is InChI=1S/C21H29N5O2/c27-21(19-9-12-26(25-19)17-5-4-10-22-15-17)24-14-16-8-11-23-20(13-16)28-18-6-2-1-3-7-18/h8-9,11-13,17-18,22H,1-7,10,14-15H2,(H,24,27). The molecule has 1 saturated heterocycles. The lowest BCUT2D eigenvalue weighted by atomic mass is 9.98. The van der Waals surface area contributed by atoms with Crippen molar-refractivity contribution in [1.82, 2.24) is 25.4 Å². The van der Waals surface area contributed by atoms with E-state index < -0.39 is 0 Å². The molecule has 4 rings (SSSR count). The Balaban J connectivity index is 1.30. The second-order valence-electron chi connectivity index (χ2n) is 7.74. The molecule has 3 heterocycles. The molecule has 1 aliphatic carbocycles. The van der Waals surface area contributed by atoms with Gasteiger partial charge in [-0.3, -0.25) is 9.48 Å². The molecule has 1 aliphatic heterocycles. The Morgan fingerprint density at radius 1 is 1.21 bits per heavy atom. The number of hydrogen-bond acceptors (Lipinski definition) is 5. The van der Waals surface area contributed by atoms with Crippen molar-refractivity contribution >= 4 is 5.91 Å². The number of hydrogen-bond donors (Lipinski definition) is 2. The van der Waals surface area contributed by atoms with Gasteiger partial charge in [-0.15, -0.1) is 0 Å². The van der Waals surface area contributed by atoms with E-state index >= 15 is 0 Å². The Labute approximate surface area is 165 Å². The fraction of sp³-hybridized carbons (Fsp3) is 0.571. The molecule has 2 N–H and O–H groups in total. The minimum atomic E-state index is -0.158. The highest BCUT2D eigenvalue weighted by atomic mass is 16.5. The first-order chi connectivity index (χ1) is 13.8. The minimum Gasteiger partial charge on any atom is -0.474 e. The van der Waals surface area contributed by atoms with E-state index in [1.54, 1.807) is 12.3 Å². The van der Waals surface area contributed by atoms with Crippen LogP contribution in [0.1, 0.15) is 67.0 Å². The van der Waals surface area contributed by atoms with E-state index in [2.05, 4.69) is 20.7 Å². The zero-order valence-corrected chi connectivity index (χ0v) is 16.3. The van der Waals surface area contributed by atoms with Crippen molar-refractivity contribution in [2.45, 2.75) is 63.6 Å². The summed E-state index contributed by atoms with van der Waals surface area (Å²) in [7, 11) is 0. The van der Waals surface area contributed by atoms with E-state index in [9.17, 15) is 4.79 Å². The molecule has 150 valence electrons. The van der Waals surface area contributed by atoms with Crippen molar-refractivity contribution in [3.05, 3.63) is 41.9 Å². The Morgan fingerprint density at radius 3 is 2.93 bits per heavy atom. The van der Waals surface area contributed by atoms with E-state index in [1.807, 2.05) is 23.0 Å². The quantitative estimate of drug-likeness (QED) is 0.802. The number of aromatic nitrogens is 3. The van der Waals surface area contributed by atoms with Crippen LogP contribution in [0.5, 0.6) is 5.88 Å². The first kappa shape index (κ1) is 18.9. The van der Waals surface area contributed by atoms with Crippen molar-refractivity contribution in [2.75, 3.05) is 13.1 Å². The normalized spacial score (nSPS) is 20.6. The van der Waals surface area contributed by atoms with Crippen LogP contribution in [0.3, 0.4) is 0 Å². The van der Waals surface area contributed by atoms with Crippen LogP contribution in [-0.4, -0.2) is 39.9 Å². The van der Waals surface area contributed by atoms with Crippen LogP contribution in [0.2, 0.25) is 0 Å². The topological polar surface area (TPSA) is 81.1 Å². The molecule has 1 amide bonds. The summed E-state index contributed by atoms with van der Waals surface area (Å²) in [5, 5.41) is 10.8. The maximum absolute atomic E-state index is 12.5. The highest BCUT2D eigenvalue weighted by molar-refractivity contribution is 5.92. The molecule has 2 aliphatic rings. The van der Waals surface area contributed by atoms with E-state index in [0.29, 0.717) is 24.2 Å². The van der Waals surface area contributed by atoms with Gasteiger partial charge >= 0.3 is 0 Å². The SMILES string of the molecule is O=C(NCc1ccnc(OC2CCCCC2)c1)c1ccn(C2CCCNC2)n1. The number of ether oxygens (including phenoxy) is 1. The van der Waals surface area contributed by atoms with Gasteiger partial charge in [0.05, 0.1) is 6.04 Å². The van der Waals surface area contributed by atoms with Gasteiger partial charge in [-0.05, 0) is 62.8 Å². The number of amides is 1. The molecule has 7 heteroatoms. The summed E-state index contributed by atoms with van der Waals surface area (Å²) in [5.41, 5.74) is 1.43. The molecule has 2 aromatic rings. The summed E-state index contributed by atoms with van der Waals surface area (Å²) < 4.78 is 7.92. The summed E-state index contributed by atoms with van der Waals surface area (Å²) in [5.74, 6) is 0.488. The van der Waals surface area contributed by atoms with Crippen LogP contribution in [0.25, 0.3) is 0 Å². The predicted molar refractivity (Wildman–Crippen MR) is 106 cm³/mol. The second-order valence-corrected chi connectivity index (χ2v) is 7.74. The zero-order chi connectivity index (χ0) is 19.2. The predicted octanol–water partition coefficient (Wildman–Crippen LogP) is 2.84. The fourth-order valence-electron chi connectivity index (χ4n) is 3.97. The van der Waals surface area contributed by atoms with Crippen molar-refractivity contribution in [2.24, 2.45) is 0 Å². The molecule has 1 unspecified atom stereocenters. The molecule has 0 radical (unpaired) electrons. The number of carbonyl (C=O) groups excluding carboxylic acids is 1. The van der Waals surface area contributed by atoms with Gasteiger partial charge in [0.25, 0.3) is 5.91 Å². The maximum Gasteiger partial charge on any atom is 0.272 e. The smallest absolute Gasteiger partial charge is 0.272 e. The Hall–Kier alpha value is -2.41. The molecule has 2 fully saturated rings. The van der Waals surface area contributed by atoms with Gasteiger partial charge in [0, 0.05) is 31.5 Å². The number of pyridine rings is 1. The third kappa shape index (κ3) is 4.90. The molecule has 0 bridgehead atoms. The lowest BCUT2D eigenvalue weighted by Crippen LogP contribution is -2.32. The Kier molecular flexibility index (Phi) is 6.21. The number of rotatable bonds is 6. The number of nitrogens with zero attached hydrogens (tertiary/aromatic N) is 3. The molecular formula is C21H29N5O2. The van der Waals surface area contributed by atoms with Crippen molar-refractivity contribution in [3.63, 3.8) is 0 Å². The van der Waals surface area contributed by atoms with Crippen LogP contribution in [0.4, 0.5) is 0 Å². The van der Waals surface area contributed by atoms with Gasteiger partial charge < -0.3 is 15.4 Å². The summed E-state index contributed by atoms with van der Waals surface area (Å²) in [6.07, 6.45) is 12.1. The summed E-state index contributed by atoms with van der Waals surface area (Å²) in [6, 6.07) is 5.94. The van der Waals surface area contributed by atoms with E-state index in [-0.39, 0.29) is 12.0 Å². The maximum atomic E-state index is 12.5. The Morgan fingerprint density at radius 2 is 2.11 bits per heavy atom. The molecule has 28 heavy (non-hydrogen) atoms. The van der Waals surface area contributed by atoms with Crippen molar-refractivity contribution in [1.29, 1.82) is 0 Å². The highest BCUT2D eigenvalue weighted by Gasteiger charge is 2.18. The van der Waals surface area contributed by atoms with Crippen LogP contribution < -0.4 is 15.4 Å². The molecular weight excluding hydrogens is 354 g/mol. The molecule has 0 spiro atoms. The van der Waals surface area contributed by atoms with Gasteiger partial charge in [0.15, 0.2) is 0 Å². The van der Waals surface area contributed by atoms with Crippen molar-refractivity contribution < 1.29 is 9.53 Å². The third-order valence-corrected chi connectivity index (χ3v) is 5.58. The molecule has 1 saturated carbocycles. The largest absolute Gasteiger partial charge is 0.474 e. The fourth-order valence-corrected chi connectivity index (χ4v) is 3.97. The number of nitrogens with one attached hydrogen (secondary N) is 2. The molecule has 1 atom stereocenters. The first-order valence-electron chi connectivity index (χ1n) is 10.4. The lowest BCUT2D eigenvalue weighted by Gasteiger charge is -2.22. The minimum absolute atomic E-state index is 0.158. The van der Waals surface area contributed by atoms with Gasteiger partial charge in [0.1, 0.15) is 11.8 Å². The van der Waals surface area contributed by atoms with Crippen LogP contribution >= 0.6 is 0 Å². The molecule has 7 nitrogen and oxygen atoms in total. The van der Waals surface area contributed by atoms with Crippen LogP contribution in [0, 0.1) is 0 Å². The summed E-state index contributed by atoms with van der Waals surface area (Å²) in [4.78, 5) is 16.8. The first-order valence-corrected chi connectivity index (χ1v) is 10.4. The monoisotopic (exact) mass is 383 g/mol. The van der Waals surface area contributed by atoms with Crippen molar-refractivity contribution in [3.8, 4) is 5.88 Å². The molecule has 0 aromatic carbocycles. The van der Waals surface area contributed by atoms with Gasteiger partial charge in [-0.2, -0.15) is 5.10 Å². The van der Waals surface area contributed by atoms with E-state index in [0.717, 1.165) is 44.3 Å². The van der Waals surface area contributed by atoms with Gasteiger partial charge in [0.2, 0.25) is 5.88 Å². The number of carbonyl (C=O) groups is 1. The van der Waals surface area contributed by atoms with Crippen LogP contribution in [0.15, 0.2) is 30.6 Å². The zero-order valence-electron chi connectivity index (χ0n) is 16.3. The highest BCUT2D eigenvalue weighted by Crippen LogP contribution is 2.22. The van der Waals surface area contributed by atoms with E-state index in [1.165, 1.54) is 19.3 Å². The van der Waals surface area contributed by atoms with Gasteiger partial charge in [-0.25, -0.2) is 4.98 Å².